The molecule has 0 atom stereocenters. The van der Waals surface area contributed by atoms with Crippen LogP contribution >= 0.6 is 11.3 Å². The van der Waals surface area contributed by atoms with Crippen molar-refractivity contribution in [2.45, 2.75) is 19.8 Å². The van der Waals surface area contributed by atoms with Gasteiger partial charge in [-0.05, 0) is 30.7 Å². The Labute approximate surface area is 143 Å². The number of aromatic nitrogens is 1. The molecule has 0 saturated heterocycles. The van der Waals surface area contributed by atoms with Crippen LogP contribution < -0.4 is 20.5 Å². The van der Waals surface area contributed by atoms with Gasteiger partial charge in [0.2, 0.25) is 5.91 Å². The Morgan fingerprint density at radius 3 is 2.50 bits per heavy atom. The number of carbonyl (C=O) groups excluding carboxylic acids is 2. The van der Waals surface area contributed by atoms with E-state index in [0.717, 1.165) is 12.2 Å². The van der Waals surface area contributed by atoms with Gasteiger partial charge in [0.1, 0.15) is 11.5 Å². The Hall–Kier alpha value is -2.61. The number of nitrogens with two attached hydrogens (primary N) is 1. The lowest BCUT2D eigenvalue weighted by molar-refractivity contribution is -0.118. The number of nitrogens with zero attached hydrogens (tertiary/aromatic N) is 1. The van der Waals surface area contributed by atoms with Gasteiger partial charge in [0.15, 0.2) is 11.7 Å². The number of hydrogen-bond acceptors (Lipinski definition) is 6. The van der Waals surface area contributed by atoms with Crippen molar-refractivity contribution in [1.29, 1.82) is 0 Å². The van der Waals surface area contributed by atoms with Crippen LogP contribution in [0.4, 0.5) is 5.13 Å². The van der Waals surface area contributed by atoms with Crippen LogP contribution in [0.3, 0.4) is 0 Å². The Morgan fingerprint density at radius 1 is 1.21 bits per heavy atom. The Balaban J connectivity index is 1.78. The van der Waals surface area contributed by atoms with E-state index in [0.29, 0.717) is 23.2 Å². The number of nitrogens with one attached hydrogen (secondary N) is 1. The predicted octanol–water partition coefficient (Wildman–Crippen LogP) is 1.98. The highest BCUT2D eigenvalue weighted by Gasteiger charge is 2.09. The quantitative estimate of drug-likeness (QED) is 0.720. The van der Waals surface area contributed by atoms with Crippen molar-refractivity contribution in [1.82, 2.24) is 4.98 Å². The molecule has 0 aliphatic heterocycles. The summed E-state index contributed by atoms with van der Waals surface area (Å²) in [5.41, 5.74) is 5.63. The number of amides is 2. The van der Waals surface area contributed by atoms with Crippen molar-refractivity contribution in [3.05, 3.63) is 35.3 Å². The number of hydrogen-bond donors (Lipinski definition) is 2. The molecule has 2 rings (SSSR count). The summed E-state index contributed by atoms with van der Waals surface area (Å²) in [6.07, 6.45) is 0.992. The van der Waals surface area contributed by atoms with Crippen LogP contribution in [0.5, 0.6) is 11.5 Å². The zero-order valence-electron chi connectivity index (χ0n) is 13.3. The normalized spacial score (nSPS) is 10.2. The molecule has 0 unspecified atom stereocenters. The molecule has 3 N–H and O–H groups in total. The number of ether oxygens (including phenoxy) is 2. The number of anilines is 1. The smallest absolute Gasteiger partial charge is 0.264 e. The molecule has 1 heterocycles. The van der Waals surface area contributed by atoms with Crippen LogP contribution in [0.1, 0.15) is 19.0 Å². The summed E-state index contributed by atoms with van der Waals surface area (Å²) < 4.78 is 10.9. The summed E-state index contributed by atoms with van der Waals surface area (Å²) in [6, 6.07) is 7.07. The van der Waals surface area contributed by atoms with Gasteiger partial charge in [-0.15, -0.1) is 11.3 Å². The van der Waals surface area contributed by atoms with Crippen LogP contribution in [0.25, 0.3) is 0 Å². The first-order valence-electron chi connectivity index (χ1n) is 7.45. The van der Waals surface area contributed by atoms with Crippen LogP contribution in [0.2, 0.25) is 0 Å². The molecule has 2 amide bonds. The number of benzene rings is 1. The highest BCUT2D eigenvalue weighted by molar-refractivity contribution is 7.13. The minimum atomic E-state index is -0.465. The van der Waals surface area contributed by atoms with E-state index in [1.807, 2.05) is 6.92 Å². The van der Waals surface area contributed by atoms with Gasteiger partial charge in [0.25, 0.3) is 5.91 Å². The van der Waals surface area contributed by atoms with Crippen LogP contribution in [-0.4, -0.2) is 30.0 Å². The lowest BCUT2D eigenvalue weighted by atomic mass is 10.3. The van der Waals surface area contributed by atoms with E-state index >= 15 is 0 Å². The second-order valence-electron chi connectivity index (χ2n) is 4.94. The van der Waals surface area contributed by atoms with E-state index in [1.165, 1.54) is 11.3 Å². The molecule has 8 heteroatoms. The average Bonchev–Trinajstić information content (AvgIpc) is 2.98. The maximum absolute atomic E-state index is 11.8. The molecule has 0 fully saturated rings. The zero-order chi connectivity index (χ0) is 17.4. The van der Waals surface area contributed by atoms with Crippen molar-refractivity contribution >= 4 is 28.3 Å². The van der Waals surface area contributed by atoms with E-state index in [9.17, 15) is 9.59 Å². The fourth-order valence-corrected chi connectivity index (χ4v) is 2.51. The fourth-order valence-electron chi connectivity index (χ4n) is 1.78. The summed E-state index contributed by atoms with van der Waals surface area (Å²) in [6.45, 7) is 2.56. The average molecular weight is 349 g/mol. The first-order valence-corrected chi connectivity index (χ1v) is 8.33. The third-order valence-electron chi connectivity index (χ3n) is 2.82. The molecule has 0 radical (unpaired) electrons. The molecule has 2 aromatic rings. The van der Waals surface area contributed by atoms with Gasteiger partial charge in [0, 0.05) is 5.38 Å². The third kappa shape index (κ3) is 5.88. The predicted molar refractivity (Wildman–Crippen MR) is 91.4 cm³/mol. The number of primary amides is 1. The van der Waals surface area contributed by atoms with E-state index in [2.05, 4.69) is 10.3 Å². The van der Waals surface area contributed by atoms with Gasteiger partial charge < -0.3 is 15.2 Å². The molecule has 7 nitrogen and oxygen atoms in total. The molecule has 0 aliphatic carbocycles. The maximum Gasteiger partial charge on any atom is 0.264 e. The minimum Gasteiger partial charge on any atom is -0.494 e. The monoisotopic (exact) mass is 349 g/mol. The summed E-state index contributed by atoms with van der Waals surface area (Å²) in [5.74, 6) is 0.537. The largest absolute Gasteiger partial charge is 0.494 e. The molecule has 1 aromatic heterocycles. The van der Waals surface area contributed by atoms with E-state index in [-0.39, 0.29) is 18.9 Å². The molecule has 0 saturated carbocycles. The first kappa shape index (κ1) is 17.7. The standard InChI is InChI=1S/C16H19N3O4S/c1-2-7-22-12-3-5-13(6-4-12)23-9-15(21)19-16-18-11(10-24-16)8-14(17)20/h3-6,10H,2,7-9H2,1H3,(H2,17,20)(H,18,19,21). The van der Waals surface area contributed by atoms with Gasteiger partial charge in [-0.3, -0.25) is 14.9 Å². The van der Waals surface area contributed by atoms with Gasteiger partial charge in [-0.1, -0.05) is 6.92 Å². The fraction of sp³-hybridized carbons (Fsp3) is 0.312. The van der Waals surface area contributed by atoms with Gasteiger partial charge in [-0.2, -0.15) is 0 Å². The molecular formula is C16H19N3O4S. The minimum absolute atomic E-state index is 0.0509. The molecule has 0 aliphatic rings. The SMILES string of the molecule is CCCOc1ccc(OCC(=O)Nc2nc(CC(N)=O)cs2)cc1. The summed E-state index contributed by atoms with van der Waals surface area (Å²) in [7, 11) is 0. The second kappa shape index (κ2) is 8.88. The third-order valence-corrected chi connectivity index (χ3v) is 3.63. The molecule has 0 bridgehead atoms. The molecule has 128 valence electrons. The van der Waals surface area contributed by atoms with E-state index in [1.54, 1.807) is 29.6 Å². The lowest BCUT2D eigenvalue weighted by Crippen LogP contribution is -2.20. The van der Waals surface area contributed by atoms with Crippen molar-refractivity contribution in [3.8, 4) is 11.5 Å². The summed E-state index contributed by atoms with van der Waals surface area (Å²) in [4.78, 5) is 26.8. The van der Waals surface area contributed by atoms with Gasteiger partial charge in [0.05, 0.1) is 18.7 Å². The summed E-state index contributed by atoms with van der Waals surface area (Å²) >= 11 is 1.23. The van der Waals surface area contributed by atoms with Crippen molar-refractivity contribution in [2.24, 2.45) is 5.73 Å². The molecular weight excluding hydrogens is 330 g/mol. The van der Waals surface area contributed by atoms with Crippen molar-refractivity contribution in [2.75, 3.05) is 18.5 Å². The lowest BCUT2D eigenvalue weighted by Gasteiger charge is -2.08. The van der Waals surface area contributed by atoms with Crippen LogP contribution in [0.15, 0.2) is 29.6 Å². The zero-order valence-corrected chi connectivity index (χ0v) is 14.1. The topological polar surface area (TPSA) is 104 Å². The molecule has 24 heavy (non-hydrogen) atoms. The highest BCUT2D eigenvalue weighted by atomic mass is 32.1. The Kier molecular flexibility index (Phi) is 6.56. The summed E-state index contributed by atoms with van der Waals surface area (Å²) in [5, 5.41) is 4.69. The number of carbonyl (C=O) groups is 2. The van der Waals surface area contributed by atoms with Crippen LogP contribution in [-0.2, 0) is 16.0 Å². The van der Waals surface area contributed by atoms with Crippen molar-refractivity contribution < 1.29 is 19.1 Å². The van der Waals surface area contributed by atoms with Gasteiger partial charge in [-0.25, -0.2) is 4.98 Å². The molecule has 1 aromatic carbocycles. The Morgan fingerprint density at radius 2 is 1.88 bits per heavy atom. The second-order valence-corrected chi connectivity index (χ2v) is 5.80. The molecule has 0 spiro atoms. The highest BCUT2D eigenvalue weighted by Crippen LogP contribution is 2.18. The van der Waals surface area contributed by atoms with E-state index in [4.69, 9.17) is 15.2 Å². The van der Waals surface area contributed by atoms with E-state index < -0.39 is 5.91 Å². The maximum atomic E-state index is 11.8. The number of thiazole rings is 1. The van der Waals surface area contributed by atoms with Crippen molar-refractivity contribution in [3.63, 3.8) is 0 Å². The first-order chi connectivity index (χ1) is 11.6. The van der Waals surface area contributed by atoms with Crippen LogP contribution in [0, 0.1) is 0 Å². The Bertz CT molecular complexity index is 685. The number of rotatable bonds is 9. The van der Waals surface area contributed by atoms with Gasteiger partial charge >= 0.3 is 0 Å².